The van der Waals surface area contributed by atoms with E-state index in [0.29, 0.717) is 17.3 Å². The quantitative estimate of drug-likeness (QED) is 0.710. The third-order valence-corrected chi connectivity index (χ3v) is 2.80. The Morgan fingerprint density at radius 3 is 2.71 bits per heavy atom. The zero-order valence-corrected chi connectivity index (χ0v) is 8.31. The van der Waals surface area contributed by atoms with Gasteiger partial charge in [0.15, 0.2) is 0 Å². The largest absolute Gasteiger partial charge is 0.397 e. The van der Waals surface area contributed by atoms with Crippen LogP contribution < -0.4 is 11.1 Å². The number of benzene rings is 1. The Morgan fingerprint density at radius 2 is 2.14 bits per heavy atom. The Kier molecular flexibility index (Phi) is 2.32. The van der Waals surface area contributed by atoms with Crippen LogP contribution >= 0.6 is 0 Å². The summed E-state index contributed by atoms with van der Waals surface area (Å²) in [5.41, 5.74) is 7.72. The highest BCUT2D eigenvalue weighted by atomic mass is 19.1. The highest BCUT2D eigenvalue weighted by Crippen LogP contribution is 2.28. The first-order valence-electron chi connectivity index (χ1n) is 4.99. The summed E-state index contributed by atoms with van der Waals surface area (Å²) in [5.74, 6) is -0.235. The molecule has 0 heterocycles. The molecule has 0 aliphatic heterocycles. The van der Waals surface area contributed by atoms with Crippen LogP contribution in [0.5, 0.6) is 0 Å². The third kappa shape index (κ3) is 1.67. The number of nitrogens with one attached hydrogen (secondary N) is 1. The van der Waals surface area contributed by atoms with E-state index in [9.17, 15) is 4.39 Å². The van der Waals surface area contributed by atoms with Crippen LogP contribution in [0.15, 0.2) is 12.1 Å². The molecule has 0 unspecified atom stereocenters. The summed E-state index contributed by atoms with van der Waals surface area (Å²) in [7, 11) is 0. The van der Waals surface area contributed by atoms with E-state index in [0.717, 1.165) is 5.69 Å². The standard InChI is InChI=1S/C11H15FN2/c1-7-5-11(10(13)6-9(7)12)14-8-3-2-4-8/h5-6,8,14H,2-4,13H2,1H3. The Labute approximate surface area is 83.3 Å². The summed E-state index contributed by atoms with van der Waals surface area (Å²) in [4.78, 5) is 0. The molecule has 0 bridgehead atoms. The van der Waals surface area contributed by atoms with Gasteiger partial charge in [-0.25, -0.2) is 4.39 Å². The van der Waals surface area contributed by atoms with Gasteiger partial charge in [-0.15, -0.1) is 0 Å². The van der Waals surface area contributed by atoms with E-state index in [1.165, 1.54) is 25.3 Å². The van der Waals surface area contributed by atoms with E-state index in [1.54, 1.807) is 13.0 Å². The Balaban J connectivity index is 2.19. The molecular weight excluding hydrogens is 179 g/mol. The monoisotopic (exact) mass is 194 g/mol. The van der Waals surface area contributed by atoms with Gasteiger partial charge in [-0.3, -0.25) is 0 Å². The van der Waals surface area contributed by atoms with Crippen molar-refractivity contribution in [3.05, 3.63) is 23.5 Å². The van der Waals surface area contributed by atoms with Crippen LogP contribution in [0.4, 0.5) is 15.8 Å². The van der Waals surface area contributed by atoms with E-state index >= 15 is 0 Å². The summed E-state index contributed by atoms with van der Waals surface area (Å²) in [6, 6.07) is 3.70. The molecule has 2 nitrogen and oxygen atoms in total. The maximum Gasteiger partial charge on any atom is 0.128 e. The number of rotatable bonds is 2. The summed E-state index contributed by atoms with van der Waals surface area (Å²) in [6.07, 6.45) is 3.66. The minimum absolute atomic E-state index is 0.235. The number of nitrogens with two attached hydrogens (primary N) is 1. The highest BCUT2D eigenvalue weighted by molar-refractivity contribution is 5.67. The fourth-order valence-corrected chi connectivity index (χ4v) is 1.59. The molecule has 0 amide bonds. The van der Waals surface area contributed by atoms with Crippen molar-refractivity contribution in [3.8, 4) is 0 Å². The number of anilines is 2. The van der Waals surface area contributed by atoms with Gasteiger partial charge < -0.3 is 11.1 Å². The topological polar surface area (TPSA) is 38.0 Å². The van der Waals surface area contributed by atoms with Gasteiger partial charge in [0.2, 0.25) is 0 Å². The maximum absolute atomic E-state index is 13.1. The lowest BCUT2D eigenvalue weighted by Crippen LogP contribution is -2.27. The van der Waals surface area contributed by atoms with Crippen LogP contribution in [-0.2, 0) is 0 Å². The van der Waals surface area contributed by atoms with Gasteiger partial charge in [-0.1, -0.05) is 0 Å². The molecule has 1 aromatic rings. The molecule has 0 saturated heterocycles. The molecule has 2 rings (SSSR count). The van der Waals surface area contributed by atoms with E-state index in [-0.39, 0.29) is 5.82 Å². The molecule has 1 aliphatic carbocycles. The molecule has 0 aromatic heterocycles. The zero-order chi connectivity index (χ0) is 10.1. The molecule has 0 atom stereocenters. The van der Waals surface area contributed by atoms with Crippen LogP contribution in [0.2, 0.25) is 0 Å². The van der Waals surface area contributed by atoms with Crippen LogP contribution in [0.1, 0.15) is 24.8 Å². The van der Waals surface area contributed by atoms with Gasteiger partial charge in [-0.2, -0.15) is 0 Å². The number of hydrogen-bond acceptors (Lipinski definition) is 2. The Hall–Kier alpha value is -1.25. The van der Waals surface area contributed by atoms with Gasteiger partial charge >= 0.3 is 0 Å². The van der Waals surface area contributed by atoms with E-state index in [1.807, 2.05) is 0 Å². The summed E-state index contributed by atoms with van der Waals surface area (Å²) in [6.45, 7) is 1.75. The summed E-state index contributed by atoms with van der Waals surface area (Å²) >= 11 is 0. The number of hydrogen-bond donors (Lipinski definition) is 2. The van der Waals surface area contributed by atoms with Gasteiger partial charge in [0.1, 0.15) is 5.82 Å². The van der Waals surface area contributed by atoms with E-state index in [4.69, 9.17) is 5.73 Å². The molecule has 1 saturated carbocycles. The molecule has 76 valence electrons. The van der Waals surface area contributed by atoms with E-state index < -0.39 is 0 Å². The lowest BCUT2D eigenvalue weighted by Gasteiger charge is -2.28. The van der Waals surface area contributed by atoms with Crippen LogP contribution in [0.25, 0.3) is 0 Å². The molecular formula is C11H15FN2. The Morgan fingerprint density at radius 1 is 1.43 bits per heavy atom. The second-order valence-electron chi connectivity index (χ2n) is 3.96. The normalized spacial score (nSPS) is 16.4. The third-order valence-electron chi connectivity index (χ3n) is 2.80. The van der Waals surface area contributed by atoms with Crippen molar-refractivity contribution in [1.29, 1.82) is 0 Å². The Bertz CT molecular complexity index is 345. The molecule has 0 radical (unpaired) electrons. The zero-order valence-electron chi connectivity index (χ0n) is 8.31. The second-order valence-corrected chi connectivity index (χ2v) is 3.96. The average Bonchev–Trinajstić information content (AvgIpc) is 2.06. The average molecular weight is 194 g/mol. The lowest BCUT2D eigenvalue weighted by molar-refractivity contribution is 0.445. The van der Waals surface area contributed by atoms with Crippen molar-refractivity contribution in [2.24, 2.45) is 0 Å². The number of aryl methyl sites for hydroxylation is 1. The smallest absolute Gasteiger partial charge is 0.128 e. The minimum atomic E-state index is -0.235. The van der Waals surface area contributed by atoms with Gasteiger partial charge in [0.05, 0.1) is 11.4 Å². The number of nitrogen functional groups attached to an aromatic ring is 1. The van der Waals surface area contributed by atoms with Crippen molar-refractivity contribution in [1.82, 2.24) is 0 Å². The molecule has 0 spiro atoms. The predicted molar refractivity (Wildman–Crippen MR) is 56.8 cm³/mol. The molecule has 3 heteroatoms. The molecule has 1 fully saturated rings. The first-order valence-corrected chi connectivity index (χ1v) is 4.99. The molecule has 14 heavy (non-hydrogen) atoms. The van der Waals surface area contributed by atoms with E-state index in [2.05, 4.69) is 5.32 Å². The first kappa shape index (κ1) is 9.31. The number of halogens is 1. The van der Waals surface area contributed by atoms with Gasteiger partial charge in [0, 0.05) is 6.04 Å². The first-order chi connectivity index (χ1) is 6.66. The summed E-state index contributed by atoms with van der Waals surface area (Å²) < 4.78 is 13.1. The van der Waals surface area contributed by atoms with Crippen molar-refractivity contribution in [2.45, 2.75) is 32.2 Å². The molecule has 1 aliphatic rings. The summed E-state index contributed by atoms with van der Waals surface area (Å²) in [5, 5.41) is 3.32. The SMILES string of the molecule is Cc1cc(NC2CCC2)c(N)cc1F. The van der Waals surface area contributed by atoms with Crippen molar-refractivity contribution in [3.63, 3.8) is 0 Å². The van der Waals surface area contributed by atoms with Crippen molar-refractivity contribution >= 4 is 11.4 Å². The molecule has 1 aromatic carbocycles. The second kappa shape index (κ2) is 3.48. The minimum Gasteiger partial charge on any atom is -0.397 e. The fraction of sp³-hybridized carbons (Fsp3) is 0.455. The van der Waals surface area contributed by atoms with Crippen molar-refractivity contribution in [2.75, 3.05) is 11.1 Å². The van der Waals surface area contributed by atoms with Gasteiger partial charge in [0.25, 0.3) is 0 Å². The lowest BCUT2D eigenvalue weighted by atomic mass is 9.93. The highest BCUT2D eigenvalue weighted by Gasteiger charge is 2.18. The predicted octanol–water partition coefficient (Wildman–Crippen LogP) is 2.68. The van der Waals surface area contributed by atoms with Crippen LogP contribution in [0, 0.1) is 12.7 Å². The fourth-order valence-electron chi connectivity index (χ4n) is 1.59. The molecule has 3 N–H and O–H groups in total. The van der Waals surface area contributed by atoms with Crippen LogP contribution in [-0.4, -0.2) is 6.04 Å². The van der Waals surface area contributed by atoms with Gasteiger partial charge in [-0.05, 0) is 43.9 Å². The van der Waals surface area contributed by atoms with Crippen molar-refractivity contribution < 1.29 is 4.39 Å². The maximum atomic E-state index is 13.1. The van der Waals surface area contributed by atoms with Crippen LogP contribution in [0.3, 0.4) is 0 Å².